The summed E-state index contributed by atoms with van der Waals surface area (Å²) in [6, 6.07) is 0.496. The van der Waals surface area contributed by atoms with Gasteiger partial charge < -0.3 is 4.74 Å². The molecule has 0 aromatic carbocycles. The molecule has 6 heteroatoms. The van der Waals surface area contributed by atoms with Crippen LogP contribution in [0.4, 0.5) is 0 Å². The Morgan fingerprint density at radius 3 is 2.61 bits per heavy atom. The number of aromatic nitrogens is 3. The van der Waals surface area contributed by atoms with Gasteiger partial charge in [-0.2, -0.15) is 5.10 Å². The third-order valence-electron chi connectivity index (χ3n) is 2.77. The molecule has 0 aliphatic heterocycles. The first kappa shape index (κ1) is 14.6. The molecule has 0 radical (unpaired) electrons. The van der Waals surface area contributed by atoms with Gasteiger partial charge in [-0.05, 0) is 27.7 Å². The first-order chi connectivity index (χ1) is 8.45. The van der Waals surface area contributed by atoms with Crippen molar-refractivity contribution < 1.29 is 9.53 Å². The SMILES string of the molecule is COC(=O)CN(Cc1ncnn1C(C)C)C(C)C. The van der Waals surface area contributed by atoms with Crippen molar-refractivity contribution in [2.45, 2.75) is 46.3 Å². The minimum atomic E-state index is -0.237. The van der Waals surface area contributed by atoms with E-state index in [4.69, 9.17) is 4.74 Å². The fourth-order valence-electron chi connectivity index (χ4n) is 1.65. The minimum absolute atomic E-state index is 0.237. The average Bonchev–Trinajstić information content (AvgIpc) is 2.76. The highest BCUT2D eigenvalue weighted by molar-refractivity contribution is 5.71. The number of carbonyl (C=O) groups is 1. The van der Waals surface area contributed by atoms with Crippen molar-refractivity contribution in [1.82, 2.24) is 19.7 Å². The van der Waals surface area contributed by atoms with Gasteiger partial charge in [0.15, 0.2) is 0 Å². The monoisotopic (exact) mass is 254 g/mol. The molecule has 102 valence electrons. The quantitative estimate of drug-likeness (QED) is 0.715. The largest absolute Gasteiger partial charge is 0.468 e. The van der Waals surface area contributed by atoms with Crippen molar-refractivity contribution in [2.24, 2.45) is 0 Å². The van der Waals surface area contributed by atoms with E-state index < -0.39 is 0 Å². The Kier molecular flexibility index (Phi) is 5.27. The zero-order valence-electron chi connectivity index (χ0n) is 11.8. The number of ether oxygens (including phenoxy) is 1. The molecule has 0 amide bonds. The van der Waals surface area contributed by atoms with Crippen molar-refractivity contribution in [1.29, 1.82) is 0 Å². The molecule has 0 saturated heterocycles. The fourth-order valence-corrected chi connectivity index (χ4v) is 1.65. The summed E-state index contributed by atoms with van der Waals surface area (Å²) in [4.78, 5) is 17.6. The Morgan fingerprint density at radius 1 is 1.44 bits per heavy atom. The van der Waals surface area contributed by atoms with E-state index >= 15 is 0 Å². The van der Waals surface area contributed by atoms with Crippen LogP contribution < -0.4 is 0 Å². The van der Waals surface area contributed by atoms with Gasteiger partial charge in [0, 0.05) is 12.1 Å². The highest BCUT2D eigenvalue weighted by Crippen LogP contribution is 2.10. The van der Waals surface area contributed by atoms with E-state index in [0.29, 0.717) is 6.54 Å². The summed E-state index contributed by atoms with van der Waals surface area (Å²) in [5.74, 6) is 0.627. The van der Waals surface area contributed by atoms with Crippen molar-refractivity contribution in [3.63, 3.8) is 0 Å². The Balaban J connectivity index is 2.77. The summed E-state index contributed by atoms with van der Waals surface area (Å²) in [5, 5.41) is 4.19. The predicted octanol–water partition coefficient (Wildman–Crippen LogP) is 1.24. The van der Waals surface area contributed by atoms with Crippen LogP contribution in [-0.2, 0) is 16.1 Å². The van der Waals surface area contributed by atoms with E-state index in [9.17, 15) is 4.79 Å². The molecule has 1 rings (SSSR count). The van der Waals surface area contributed by atoms with Crippen LogP contribution in [0, 0.1) is 0 Å². The molecule has 18 heavy (non-hydrogen) atoms. The molecule has 1 heterocycles. The molecule has 1 aromatic heterocycles. The molecule has 1 aromatic rings. The molecule has 0 bridgehead atoms. The van der Waals surface area contributed by atoms with E-state index in [0.717, 1.165) is 5.82 Å². The summed E-state index contributed by atoms with van der Waals surface area (Å²) in [6.07, 6.45) is 1.55. The van der Waals surface area contributed by atoms with Crippen LogP contribution in [0.15, 0.2) is 6.33 Å². The number of hydrogen-bond donors (Lipinski definition) is 0. The summed E-state index contributed by atoms with van der Waals surface area (Å²) in [7, 11) is 1.40. The number of carbonyl (C=O) groups excluding carboxylic acids is 1. The molecule has 0 unspecified atom stereocenters. The Morgan fingerprint density at radius 2 is 2.11 bits per heavy atom. The van der Waals surface area contributed by atoms with Crippen molar-refractivity contribution in [2.75, 3.05) is 13.7 Å². The summed E-state index contributed by atoms with van der Waals surface area (Å²) in [6.45, 7) is 9.04. The van der Waals surface area contributed by atoms with E-state index in [1.165, 1.54) is 7.11 Å². The highest BCUT2D eigenvalue weighted by Gasteiger charge is 2.18. The number of rotatable bonds is 6. The molecule has 6 nitrogen and oxygen atoms in total. The van der Waals surface area contributed by atoms with Crippen LogP contribution in [0.2, 0.25) is 0 Å². The minimum Gasteiger partial charge on any atom is -0.468 e. The van der Waals surface area contributed by atoms with Crippen LogP contribution in [-0.4, -0.2) is 45.3 Å². The third-order valence-corrected chi connectivity index (χ3v) is 2.77. The fraction of sp³-hybridized carbons (Fsp3) is 0.750. The molecule has 0 aliphatic rings. The van der Waals surface area contributed by atoms with E-state index in [2.05, 4.69) is 23.9 Å². The Hall–Kier alpha value is -1.43. The van der Waals surface area contributed by atoms with Crippen LogP contribution in [0.25, 0.3) is 0 Å². The molecular weight excluding hydrogens is 232 g/mol. The third kappa shape index (κ3) is 3.80. The van der Waals surface area contributed by atoms with Gasteiger partial charge in [-0.1, -0.05) is 0 Å². The number of esters is 1. The normalized spacial score (nSPS) is 11.6. The average molecular weight is 254 g/mol. The first-order valence-electron chi connectivity index (χ1n) is 6.15. The van der Waals surface area contributed by atoms with Crippen molar-refractivity contribution in [3.8, 4) is 0 Å². The smallest absolute Gasteiger partial charge is 0.319 e. The Labute approximate surface area is 108 Å². The lowest BCUT2D eigenvalue weighted by atomic mass is 10.3. The maximum atomic E-state index is 11.4. The number of nitrogens with zero attached hydrogens (tertiary/aromatic N) is 4. The second kappa shape index (κ2) is 6.49. The zero-order chi connectivity index (χ0) is 13.7. The molecule has 0 fully saturated rings. The maximum Gasteiger partial charge on any atom is 0.319 e. The summed E-state index contributed by atoms with van der Waals surface area (Å²) < 4.78 is 6.57. The van der Waals surface area contributed by atoms with Crippen LogP contribution in [0.1, 0.15) is 39.6 Å². The van der Waals surface area contributed by atoms with Crippen molar-refractivity contribution in [3.05, 3.63) is 12.2 Å². The van der Waals surface area contributed by atoms with Gasteiger partial charge in [0.05, 0.1) is 20.2 Å². The molecular formula is C12H22N4O2. The van der Waals surface area contributed by atoms with E-state index in [-0.39, 0.29) is 24.6 Å². The van der Waals surface area contributed by atoms with Gasteiger partial charge in [0.1, 0.15) is 12.2 Å². The lowest BCUT2D eigenvalue weighted by Crippen LogP contribution is -2.36. The van der Waals surface area contributed by atoms with Gasteiger partial charge in [-0.15, -0.1) is 0 Å². The number of hydrogen-bond acceptors (Lipinski definition) is 5. The Bertz CT molecular complexity index is 387. The summed E-state index contributed by atoms with van der Waals surface area (Å²) in [5.41, 5.74) is 0. The van der Waals surface area contributed by atoms with Gasteiger partial charge in [-0.25, -0.2) is 9.67 Å². The lowest BCUT2D eigenvalue weighted by molar-refractivity contribution is -0.142. The van der Waals surface area contributed by atoms with Gasteiger partial charge >= 0.3 is 5.97 Å². The molecule has 0 saturated carbocycles. The summed E-state index contributed by atoms with van der Waals surface area (Å²) >= 11 is 0. The first-order valence-corrected chi connectivity index (χ1v) is 6.15. The number of methoxy groups -OCH3 is 1. The van der Waals surface area contributed by atoms with Gasteiger partial charge in [-0.3, -0.25) is 9.69 Å². The lowest BCUT2D eigenvalue weighted by Gasteiger charge is -2.25. The van der Waals surface area contributed by atoms with E-state index in [1.54, 1.807) is 6.33 Å². The second-order valence-electron chi connectivity index (χ2n) is 4.79. The molecule has 0 aliphatic carbocycles. The van der Waals surface area contributed by atoms with Gasteiger partial charge in [0.2, 0.25) is 0 Å². The molecule has 0 N–H and O–H groups in total. The highest BCUT2D eigenvalue weighted by atomic mass is 16.5. The van der Waals surface area contributed by atoms with E-state index in [1.807, 2.05) is 23.4 Å². The predicted molar refractivity (Wildman–Crippen MR) is 68.0 cm³/mol. The van der Waals surface area contributed by atoms with Gasteiger partial charge in [0.25, 0.3) is 0 Å². The van der Waals surface area contributed by atoms with Crippen LogP contribution in [0.3, 0.4) is 0 Å². The maximum absolute atomic E-state index is 11.4. The van der Waals surface area contributed by atoms with Crippen LogP contribution in [0.5, 0.6) is 0 Å². The van der Waals surface area contributed by atoms with Crippen LogP contribution >= 0.6 is 0 Å². The van der Waals surface area contributed by atoms with Crippen molar-refractivity contribution >= 4 is 5.97 Å². The standard InChI is InChI=1S/C12H22N4O2/c1-9(2)15(7-12(17)18-5)6-11-13-8-14-16(11)10(3)4/h8-10H,6-7H2,1-5H3. The molecule has 0 atom stereocenters. The second-order valence-corrected chi connectivity index (χ2v) is 4.79. The zero-order valence-corrected chi connectivity index (χ0v) is 11.8. The molecule has 0 spiro atoms. The topological polar surface area (TPSA) is 60.2 Å².